The average Bonchev–Trinajstić information content (AvgIpc) is 2.43. The Bertz CT molecular complexity index is 523. The standard InChI is InChI=1S/C14H19Cl2N3O2/c1-17-12(20)8-19(3)13(21)9-18(2)7-10-5-4-6-11(15)14(10)16/h4-6H,7-9H2,1-3H3,(H,17,20). The molecule has 21 heavy (non-hydrogen) atoms. The van der Waals surface area contributed by atoms with Gasteiger partial charge in [-0.3, -0.25) is 14.5 Å². The third kappa shape index (κ3) is 5.53. The van der Waals surface area contributed by atoms with Crippen molar-refractivity contribution in [2.75, 3.05) is 34.2 Å². The maximum absolute atomic E-state index is 12.0. The predicted octanol–water partition coefficient (Wildman–Crippen LogP) is 1.63. The molecule has 0 radical (unpaired) electrons. The van der Waals surface area contributed by atoms with Crippen LogP contribution in [0.5, 0.6) is 0 Å². The highest BCUT2D eigenvalue weighted by atomic mass is 35.5. The fourth-order valence-electron chi connectivity index (χ4n) is 1.75. The lowest BCUT2D eigenvalue weighted by atomic mass is 10.2. The molecule has 2 amide bonds. The van der Waals surface area contributed by atoms with Crippen LogP contribution in [-0.2, 0) is 16.1 Å². The first-order valence-electron chi connectivity index (χ1n) is 6.41. The Balaban J connectivity index is 2.57. The van der Waals surface area contributed by atoms with E-state index in [2.05, 4.69) is 5.32 Å². The number of benzene rings is 1. The molecule has 1 N–H and O–H groups in total. The molecule has 0 fully saturated rings. The molecule has 0 unspecified atom stereocenters. The third-order valence-corrected chi connectivity index (χ3v) is 3.82. The Kier molecular flexibility index (Phi) is 6.95. The first-order valence-corrected chi connectivity index (χ1v) is 7.16. The van der Waals surface area contributed by atoms with Crippen molar-refractivity contribution in [3.05, 3.63) is 33.8 Å². The summed E-state index contributed by atoms with van der Waals surface area (Å²) in [6.07, 6.45) is 0. The number of hydrogen-bond acceptors (Lipinski definition) is 3. The summed E-state index contributed by atoms with van der Waals surface area (Å²) in [6.45, 7) is 0.733. The minimum atomic E-state index is -0.202. The van der Waals surface area contributed by atoms with E-state index in [1.807, 2.05) is 24.1 Å². The molecule has 0 saturated carbocycles. The molecule has 1 aromatic rings. The summed E-state index contributed by atoms with van der Waals surface area (Å²) in [5.74, 6) is -0.342. The minimum absolute atomic E-state index is 0.0428. The summed E-state index contributed by atoms with van der Waals surface area (Å²) >= 11 is 12.1. The fraction of sp³-hybridized carbons (Fsp3) is 0.429. The zero-order valence-electron chi connectivity index (χ0n) is 12.3. The zero-order valence-corrected chi connectivity index (χ0v) is 13.8. The normalized spacial score (nSPS) is 10.6. The second-order valence-electron chi connectivity index (χ2n) is 4.81. The number of amides is 2. The molecule has 0 aliphatic rings. The van der Waals surface area contributed by atoms with Gasteiger partial charge in [-0.1, -0.05) is 35.3 Å². The molecule has 0 heterocycles. The van der Waals surface area contributed by atoms with E-state index in [-0.39, 0.29) is 24.9 Å². The molecule has 1 aromatic carbocycles. The van der Waals surface area contributed by atoms with Gasteiger partial charge in [-0.25, -0.2) is 0 Å². The van der Waals surface area contributed by atoms with Crippen molar-refractivity contribution in [2.24, 2.45) is 0 Å². The van der Waals surface area contributed by atoms with Gasteiger partial charge in [-0.2, -0.15) is 0 Å². The van der Waals surface area contributed by atoms with E-state index in [9.17, 15) is 9.59 Å². The van der Waals surface area contributed by atoms with Crippen LogP contribution in [0.1, 0.15) is 5.56 Å². The summed E-state index contributed by atoms with van der Waals surface area (Å²) in [6, 6.07) is 5.40. The molecule has 0 aromatic heterocycles. The summed E-state index contributed by atoms with van der Waals surface area (Å²) in [5.41, 5.74) is 0.855. The van der Waals surface area contributed by atoms with Crippen molar-refractivity contribution < 1.29 is 9.59 Å². The fourth-order valence-corrected chi connectivity index (χ4v) is 2.13. The van der Waals surface area contributed by atoms with Crippen molar-refractivity contribution in [3.63, 3.8) is 0 Å². The molecular weight excluding hydrogens is 313 g/mol. The van der Waals surface area contributed by atoms with Gasteiger partial charge < -0.3 is 10.2 Å². The highest BCUT2D eigenvalue weighted by molar-refractivity contribution is 6.42. The average molecular weight is 332 g/mol. The van der Waals surface area contributed by atoms with E-state index in [1.165, 1.54) is 11.9 Å². The second kappa shape index (κ2) is 8.22. The van der Waals surface area contributed by atoms with Crippen molar-refractivity contribution in [1.82, 2.24) is 15.1 Å². The Hall–Kier alpha value is -1.30. The Morgan fingerprint density at radius 3 is 2.48 bits per heavy atom. The number of carbonyl (C=O) groups excluding carboxylic acids is 2. The number of halogens is 2. The second-order valence-corrected chi connectivity index (χ2v) is 5.59. The van der Waals surface area contributed by atoms with Crippen molar-refractivity contribution in [1.29, 1.82) is 0 Å². The van der Waals surface area contributed by atoms with Gasteiger partial charge in [0.15, 0.2) is 0 Å². The van der Waals surface area contributed by atoms with E-state index >= 15 is 0 Å². The Morgan fingerprint density at radius 1 is 1.19 bits per heavy atom. The first kappa shape index (κ1) is 17.8. The van der Waals surface area contributed by atoms with Gasteiger partial charge in [-0.05, 0) is 18.7 Å². The number of likely N-dealkylation sites (N-methyl/N-ethyl adjacent to an activating group) is 3. The maximum Gasteiger partial charge on any atom is 0.239 e. The summed E-state index contributed by atoms with van der Waals surface area (Å²) in [5, 5.41) is 3.47. The number of carbonyl (C=O) groups is 2. The topological polar surface area (TPSA) is 52.7 Å². The first-order chi connectivity index (χ1) is 9.85. The smallest absolute Gasteiger partial charge is 0.239 e. The van der Waals surface area contributed by atoms with Gasteiger partial charge in [0.1, 0.15) is 0 Å². The van der Waals surface area contributed by atoms with E-state index in [4.69, 9.17) is 23.2 Å². The SMILES string of the molecule is CNC(=O)CN(C)C(=O)CN(C)Cc1cccc(Cl)c1Cl. The largest absolute Gasteiger partial charge is 0.358 e. The van der Waals surface area contributed by atoms with Gasteiger partial charge in [0.2, 0.25) is 11.8 Å². The number of nitrogens with zero attached hydrogens (tertiary/aromatic N) is 2. The van der Waals surface area contributed by atoms with E-state index in [0.717, 1.165) is 5.56 Å². The lowest BCUT2D eigenvalue weighted by Gasteiger charge is -2.21. The minimum Gasteiger partial charge on any atom is -0.358 e. The molecule has 0 bridgehead atoms. The molecule has 116 valence electrons. The van der Waals surface area contributed by atoms with Crippen LogP contribution in [-0.4, -0.2) is 55.8 Å². The van der Waals surface area contributed by atoms with E-state index in [0.29, 0.717) is 16.6 Å². The Morgan fingerprint density at radius 2 is 1.86 bits per heavy atom. The van der Waals surface area contributed by atoms with Crippen LogP contribution in [0, 0.1) is 0 Å². The predicted molar refractivity (Wildman–Crippen MR) is 84.5 cm³/mol. The molecule has 0 aliphatic carbocycles. The van der Waals surface area contributed by atoms with E-state index in [1.54, 1.807) is 13.1 Å². The van der Waals surface area contributed by atoms with Crippen LogP contribution in [0.3, 0.4) is 0 Å². The molecule has 7 heteroatoms. The van der Waals surface area contributed by atoms with Crippen LogP contribution in [0.25, 0.3) is 0 Å². The number of nitrogens with one attached hydrogen (secondary N) is 1. The maximum atomic E-state index is 12.0. The lowest BCUT2D eigenvalue weighted by Crippen LogP contribution is -2.41. The van der Waals surface area contributed by atoms with Gasteiger partial charge in [0.05, 0.1) is 23.1 Å². The van der Waals surface area contributed by atoms with Gasteiger partial charge >= 0.3 is 0 Å². The quantitative estimate of drug-likeness (QED) is 0.861. The van der Waals surface area contributed by atoms with Gasteiger partial charge in [0.25, 0.3) is 0 Å². The van der Waals surface area contributed by atoms with Crippen LogP contribution < -0.4 is 5.32 Å². The number of rotatable bonds is 6. The third-order valence-electron chi connectivity index (χ3n) is 2.96. The van der Waals surface area contributed by atoms with Crippen LogP contribution in [0.4, 0.5) is 0 Å². The van der Waals surface area contributed by atoms with Gasteiger partial charge in [0, 0.05) is 20.6 Å². The van der Waals surface area contributed by atoms with Crippen molar-refractivity contribution in [2.45, 2.75) is 6.54 Å². The molecule has 0 saturated heterocycles. The lowest BCUT2D eigenvalue weighted by molar-refractivity contribution is -0.135. The zero-order chi connectivity index (χ0) is 16.0. The van der Waals surface area contributed by atoms with Crippen LogP contribution in [0.15, 0.2) is 18.2 Å². The van der Waals surface area contributed by atoms with Crippen LogP contribution >= 0.6 is 23.2 Å². The van der Waals surface area contributed by atoms with Crippen LogP contribution in [0.2, 0.25) is 10.0 Å². The molecule has 0 spiro atoms. The van der Waals surface area contributed by atoms with Crippen molar-refractivity contribution in [3.8, 4) is 0 Å². The number of hydrogen-bond donors (Lipinski definition) is 1. The summed E-state index contributed by atoms with van der Waals surface area (Å²) in [4.78, 5) is 26.4. The molecule has 0 aliphatic heterocycles. The van der Waals surface area contributed by atoms with Crippen molar-refractivity contribution >= 4 is 35.0 Å². The van der Waals surface area contributed by atoms with Gasteiger partial charge in [-0.15, -0.1) is 0 Å². The highest BCUT2D eigenvalue weighted by Gasteiger charge is 2.15. The molecule has 1 rings (SSSR count). The molecule has 5 nitrogen and oxygen atoms in total. The summed E-state index contributed by atoms with van der Waals surface area (Å²) < 4.78 is 0. The molecular formula is C14H19Cl2N3O2. The monoisotopic (exact) mass is 331 g/mol. The summed E-state index contributed by atoms with van der Waals surface area (Å²) in [7, 11) is 4.94. The Labute approximate surface area is 134 Å². The van der Waals surface area contributed by atoms with E-state index < -0.39 is 0 Å². The molecule has 0 atom stereocenters. The highest BCUT2D eigenvalue weighted by Crippen LogP contribution is 2.26.